The molecule has 0 radical (unpaired) electrons. The van der Waals surface area contributed by atoms with Crippen LogP contribution in [-0.4, -0.2) is 14.5 Å². The SMILES string of the molecule is Cc1ccc(C(C)n2c(=S)[nH]c3cc(Br)cnc32)cc1F. The van der Waals surface area contributed by atoms with E-state index in [1.165, 1.54) is 0 Å². The van der Waals surface area contributed by atoms with E-state index in [0.29, 0.717) is 10.3 Å². The fraction of sp³-hybridized carbons (Fsp3) is 0.200. The number of benzene rings is 1. The van der Waals surface area contributed by atoms with Crippen molar-refractivity contribution in [3.8, 4) is 0 Å². The third kappa shape index (κ3) is 2.53. The molecule has 6 heteroatoms. The lowest BCUT2D eigenvalue weighted by Gasteiger charge is -2.15. The number of hydrogen-bond acceptors (Lipinski definition) is 2. The molecule has 0 fully saturated rings. The van der Waals surface area contributed by atoms with Crippen molar-refractivity contribution in [2.75, 3.05) is 0 Å². The second kappa shape index (κ2) is 5.35. The molecule has 0 bridgehead atoms. The van der Waals surface area contributed by atoms with Crippen molar-refractivity contribution in [1.82, 2.24) is 14.5 Å². The maximum Gasteiger partial charge on any atom is 0.179 e. The van der Waals surface area contributed by atoms with Crippen LogP contribution < -0.4 is 0 Å². The van der Waals surface area contributed by atoms with Gasteiger partial charge in [0.15, 0.2) is 10.4 Å². The molecule has 0 aliphatic heterocycles. The van der Waals surface area contributed by atoms with Crippen LogP contribution in [0.3, 0.4) is 0 Å². The van der Waals surface area contributed by atoms with Gasteiger partial charge in [0.25, 0.3) is 0 Å². The van der Waals surface area contributed by atoms with Gasteiger partial charge in [-0.1, -0.05) is 12.1 Å². The molecule has 108 valence electrons. The number of hydrogen-bond donors (Lipinski definition) is 1. The predicted molar refractivity (Wildman–Crippen MR) is 87.6 cm³/mol. The molecule has 0 saturated heterocycles. The molecular weight excluding hydrogens is 353 g/mol. The van der Waals surface area contributed by atoms with Crippen LogP contribution in [0.1, 0.15) is 24.1 Å². The van der Waals surface area contributed by atoms with Crippen LogP contribution in [0.25, 0.3) is 11.2 Å². The molecule has 0 saturated carbocycles. The predicted octanol–water partition coefficient (Wildman–Crippen LogP) is 4.91. The highest BCUT2D eigenvalue weighted by Gasteiger charge is 2.15. The highest BCUT2D eigenvalue weighted by molar-refractivity contribution is 9.10. The summed E-state index contributed by atoms with van der Waals surface area (Å²) in [5.74, 6) is -0.207. The average Bonchev–Trinajstić information content (AvgIpc) is 2.76. The number of aryl methyl sites for hydroxylation is 1. The highest BCUT2D eigenvalue weighted by atomic mass is 79.9. The average molecular weight is 366 g/mol. The van der Waals surface area contributed by atoms with Crippen molar-refractivity contribution in [3.63, 3.8) is 0 Å². The van der Waals surface area contributed by atoms with Crippen molar-refractivity contribution in [1.29, 1.82) is 0 Å². The van der Waals surface area contributed by atoms with E-state index in [0.717, 1.165) is 21.2 Å². The first-order valence-corrected chi connectivity index (χ1v) is 7.69. The van der Waals surface area contributed by atoms with Crippen LogP contribution in [0.5, 0.6) is 0 Å². The number of halogens is 2. The summed E-state index contributed by atoms with van der Waals surface area (Å²) in [4.78, 5) is 7.55. The van der Waals surface area contributed by atoms with Gasteiger partial charge in [-0.3, -0.25) is 4.57 Å². The summed E-state index contributed by atoms with van der Waals surface area (Å²) >= 11 is 8.78. The molecule has 2 aromatic heterocycles. The molecular formula is C15H13BrFN3S. The van der Waals surface area contributed by atoms with Crippen molar-refractivity contribution in [3.05, 3.63) is 56.7 Å². The number of rotatable bonds is 2. The lowest BCUT2D eigenvalue weighted by Crippen LogP contribution is -2.08. The van der Waals surface area contributed by atoms with Crippen molar-refractivity contribution in [2.24, 2.45) is 0 Å². The van der Waals surface area contributed by atoms with E-state index in [1.807, 2.05) is 23.6 Å². The second-order valence-electron chi connectivity index (χ2n) is 5.01. The Morgan fingerprint density at radius 1 is 1.38 bits per heavy atom. The minimum atomic E-state index is -0.207. The number of imidazole rings is 1. The van der Waals surface area contributed by atoms with E-state index in [9.17, 15) is 4.39 Å². The summed E-state index contributed by atoms with van der Waals surface area (Å²) in [7, 11) is 0. The third-order valence-electron chi connectivity index (χ3n) is 3.59. The molecule has 0 aliphatic carbocycles. The minimum absolute atomic E-state index is 0.102. The summed E-state index contributed by atoms with van der Waals surface area (Å²) in [5.41, 5.74) is 3.11. The molecule has 3 aromatic rings. The molecule has 0 amide bonds. The Bertz CT molecular complexity index is 884. The highest BCUT2D eigenvalue weighted by Crippen LogP contribution is 2.25. The Balaban J connectivity index is 2.17. The quantitative estimate of drug-likeness (QED) is 0.654. The van der Waals surface area contributed by atoms with Crippen molar-refractivity contribution in [2.45, 2.75) is 19.9 Å². The van der Waals surface area contributed by atoms with Gasteiger partial charge >= 0.3 is 0 Å². The zero-order valence-electron chi connectivity index (χ0n) is 11.5. The topological polar surface area (TPSA) is 33.6 Å². The molecule has 1 unspecified atom stereocenters. The van der Waals surface area contributed by atoms with Gasteiger partial charge in [-0.2, -0.15) is 0 Å². The zero-order valence-corrected chi connectivity index (χ0v) is 13.9. The third-order valence-corrected chi connectivity index (χ3v) is 4.32. The van der Waals surface area contributed by atoms with E-state index in [1.54, 1.807) is 25.3 Å². The van der Waals surface area contributed by atoms with Gasteiger partial charge in [-0.15, -0.1) is 0 Å². The number of aromatic nitrogens is 3. The summed E-state index contributed by atoms with van der Waals surface area (Å²) in [6.45, 7) is 3.73. The zero-order chi connectivity index (χ0) is 15.1. The first-order chi connectivity index (χ1) is 9.97. The molecule has 1 N–H and O–H groups in total. The lowest BCUT2D eigenvalue weighted by molar-refractivity contribution is 0.599. The van der Waals surface area contributed by atoms with Gasteiger partial charge < -0.3 is 4.98 Å². The van der Waals surface area contributed by atoms with Crippen molar-refractivity contribution >= 4 is 39.3 Å². The van der Waals surface area contributed by atoms with E-state index in [-0.39, 0.29) is 11.9 Å². The molecule has 0 aliphatic rings. The van der Waals surface area contributed by atoms with Crippen molar-refractivity contribution < 1.29 is 4.39 Å². The fourth-order valence-electron chi connectivity index (χ4n) is 2.36. The first-order valence-electron chi connectivity index (χ1n) is 6.49. The maximum atomic E-state index is 13.8. The molecule has 0 spiro atoms. The maximum absolute atomic E-state index is 13.8. The summed E-state index contributed by atoms with van der Waals surface area (Å²) in [6.07, 6.45) is 1.73. The van der Waals surface area contributed by atoms with Crippen LogP contribution in [0.2, 0.25) is 0 Å². The standard InChI is InChI=1S/C15H13BrFN3S/c1-8-3-4-10(5-12(8)17)9(2)20-14-13(19-15(20)21)6-11(16)7-18-14/h3-7,9H,1-2H3,(H,19,21). The molecule has 3 nitrogen and oxygen atoms in total. The monoisotopic (exact) mass is 365 g/mol. The molecule has 1 aromatic carbocycles. The van der Waals surface area contributed by atoms with Crippen LogP contribution in [0.15, 0.2) is 34.9 Å². The summed E-state index contributed by atoms with van der Waals surface area (Å²) in [5, 5.41) is 0. The van der Waals surface area contributed by atoms with Crippen LogP contribution in [-0.2, 0) is 0 Å². The molecule has 3 rings (SSSR count). The van der Waals surface area contributed by atoms with E-state index in [4.69, 9.17) is 12.2 Å². The normalized spacial score (nSPS) is 12.8. The Morgan fingerprint density at radius 2 is 2.14 bits per heavy atom. The Hall–Kier alpha value is -1.53. The Kier molecular flexibility index (Phi) is 3.67. The van der Waals surface area contributed by atoms with Gasteiger partial charge in [0, 0.05) is 10.7 Å². The fourth-order valence-corrected chi connectivity index (χ4v) is 3.05. The number of fused-ring (bicyclic) bond motifs is 1. The number of nitrogens with zero attached hydrogens (tertiary/aromatic N) is 2. The number of nitrogens with one attached hydrogen (secondary N) is 1. The van der Waals surface area contributed by atoms with Gasteiger partial charge in [-0.25, -0.2) is 9.37 Å². The van der Waals surface area contributed by atoms with Gasteiger partial charge in [-0.05, 0) is 65.3 Å². The Morgan fingerprint density at radius 3 is 2.86 bits per heavy atom. The molecule has 21 heavy (non-hydrogen) atoms. The lowest BCUT2D eigenvalue weighted by atomic mass is 10.1. The van der Waals surface area contributed by atoms with Gasteiger partial charge in [0.1, 0.15) is 5.82 Å². The van der Waals surface area contributed by atoms with E-state index < -0.39 is 0 Å². The summed E-state index contributed by atoms with van der Waals surface area (Å²) < 4.78 is 17.1. The van der Waals surface area contributed by atoms with Gasteiger partial charge in [0.2, 0.25) is 0 Å². The number of pyridine rings is 1. The minimum Gasteiger partial charge on any atom is -0.329 e. The number of aromatic amines is 1. The number of H-pyrrole nitrogens is 1. The molecule has 1 atom stereocenters. The van der Waals surface area contributed by atoms with E-state index >= 15 is 0 Å². The van der Waals surface area contributed by atoms with Crippen LogP contribution in [0, 0.1) is 17.5 Å². The largest absolute Gasteiger partial charge is 0.329 e. The van der Waals surface area contributed by atoms with Crippen LogP contribution in [0.4, 0.5) is 4.39 Å². The van der Waals surface area contributed by atoms with Crippen LogP contribution >= 0.6 is 28.1 Å². The molecule has 2 heterocycles. The van der Waals surface area contributed by atoms with E-state index in [2.05, 4.69) is 25.9 Å². The second-order valence-corrected chi connectivity index (χ2v) is 6.31. The summed E-state index contributed by atoms with van der Waals surface area (Å²) in [6, 6.07) is 7.08. The smallest absolute Gasteiger partial charge is 0.179 e. The Labute approximate surface area is 135 Å². The first kappa shape index (κ1) is 14.4. The van der Waals surface area contributed by atoms with Gasteiger partial charge in [0.05, 0.1) is 11.6 Å².